The topological polar surface area (TPSA) is 90.3 Å². The summed E-state index contributed by atoms with van der Waals surface area (Å²) in [4.78, 5) is 12.7. The molecule has 33 heavy (non-hydrogen) atoms. The quantitative estimate of drug-likeness (QED) is 0.588. The van der Waals surface area contributed by atoms with Crippen LogP contribution in [0.3, 0.4) is 0 Å². The van der Waals surface area contributed by atoms with E-state index < -0.39 is 9.84 Å². The molecule has 1 amide bonds. The standard InChI is InChI=1S/C25H29N3O4S/c1-16-8-9-20(12-18(16)3)22-13-24(28(27-22)21-10-11-33(30,31)15-21)26-25(29)14-32-23-7-5-6-17(2)19(23)4/h5-9,12-13,21H,10-11,14-15H2,1-4H3,(H,26,29). The Kier molecular flexibility index (Phi) is 6.30. The summed E-state index contributed by atoms with van der Waals surface area (Å²) in [5.74, 6) is 0.948. The number of ether oxygens (including phenoxy) is 1. The van der Waals surface area contributed by atoms with Crippen molar-refractivity contribution in [1.29, 1.82) is 0 Å². The molecule has 1 unspecified atom stereocenters. The van der Waals surface area contributed by atoms with Crippen molar-refractivity contribution in [3.63, 3.8) is 0 Å². The summed E-state index contributed by atoms with van der Waals surface area (Å²) >= 11 is 0. The second-order valence-corrected chi connectivity index (χ2v) is 11.0. The molecule has 0 saturated carbocycles. The first-order chi connectivity index (χ1) is 15.6. The highest BCUT2D eigenvalue weighted by atomic mass is 32.2. The molecule has 1 N–H and O–H groups in total. The number of hydrogen-bond donors (Lipinski definition) is 1. The van der Waals surface area contributed by atoms with Crippen LogP contribution in [-0.4, -0.2) is 42.2 Å². The summed E-state index contributed by atoms with van der Waals surface area (Å²) in [6, 6.07) is 13.3. The number of carbonyl (C=O) groups is 1. The van der Waals surface area contributed by atoms with E-state index in [-0.39, 0.29) is 30.1 Å². The average molecular weight is 468 g/mol. The molecule has 2 aromatic carbocycles. The first-order valence-corrected chi connectivity index (χ1v) is 12.8. The van der Waals surface area contributed by atoms with Gasteiger partial charge in [0.15, 0.2) is 16.4 Å². The fraction of sp³-hybridized carbons (Fsp3) is 0.360. The molecule has 4 rings (SSSR count). The number of nitrogens with zero attached hydrogens (tertiary/aromatic N) is 2. The second-order valence-electron chi connectivity index (χ2n) is 8.75. The minimum absolute atomic E-state index is 0.0168. The van der Waals surface area contributed by atoms with Gasteiger partial charge in [0.1, 0.15) is 11.6 Å². The van der Waals surface area contributed by atoms with Gasteiger partial charge in [-0.05, 0) is 68.5 Å². The number of aromatic nitrogens is 2. The molecule has 3 aromatic rings. The molecule has 0 bridgehead atoms. The lowest BCUT2D eigenvalue weighted by Gasteiger charge is -2.14. The molecule has 1 aliphatic rings. The molecular formula is C25H29N3O4S. The molecule has 0 spiro atoms. The molecule has 0 radical (unpaired) electrons. The Morgan fingerprint density at radius 1 is 1.09 bits per heavy atom. The third-order valence-electron chi connectivity index (χ3n) is 6.27. The molecule has 0 aliphatic carbocycles. The lowest BCUT2D eigenvalue weighted by Crippen LogP contribution is -2.24. The van der Waals surface area contributed by atoms with Gasteiger partial charge in [-0.2, -0.15) is 5.10 Å². The van der Waals surface area contributed by atoms with Crippen molar-refractivity contribution >= 4 is 21.6 Å². The molecule has 8 heteroatoms. The normalized spacial score (nSPS) is 17.2. The smallest absolute Gasteiger partial charge is 0.263 e. The molecular weight excluding hydrogens is 438 g/mol. The van der Waals surface area contributed by atoms with Gasteiger partial charge in [0.05, 0.1) is 23.2 Å². The molecule has 1 atom stereocenters. The number of carbonyl (C=O) groups excluding carboxylic acids is 1. The number of amides is 1. The minimum Gasteiger partial charge on any atom is -0.483 e. The molecule has 174 valence electrons. The summed E-state index contributed by atoms with van der Waals surface area (Å²) < 4.78 is 31.5. The van der Waals surface area contributed by atoms with Crippen LogP contribution in [0.2, 0.25) is 0 Å². The van der Waals surface area contributed by atoms with Gasteiger partial charge in [-0.1, -0.05) is 24.3 Å². The minimum atomic E-state index is -3.11. The number of nitrogens with one attached hydrogen (secondary N) is 1. The van der Waals surface area contributed by atoms with Gasteiger partial charge in [-0.3, -0.25) is 4.79 Å². The summed E-state index contributed by atoms with van der Waals surface area (Å²) in [7, 11) is -3.11. The van der Waals surface area contributed by atoms with Gasteiger partial charge in [0.2, 0.25) is 0 Å². The highest BCUT2D eigenvalue weighted by molar-refractivity contribution is 7.91. The number of aryl methyl sites for hydroxylation is 3. The van der Waals surface area contributed by atoms with Gasteiger partial charge in [-0.25, -0.2) is 13.1 Å². The van der Waals surface area contributed by atoms with Gasteiger partial charge in [-0.15, -0.1) is 0 Å². The summed E-state index contributed by atoms with van der Waals surface area (Å²) in [5, 5.41) is 7.57. The predicted molar refractivity (Wildman–Crippen MR) is 129 cm³/mol. The van der Waals surface area contributed by atoms with Crippen molar-refractivity contribution in [1.82, 2.24) is 9.78 Å². The summed E-state index contributed by atoms with van der Waals surface area (Å²) in [6.07, 6.45) is 0.470. The highest BCUT2D eigenvalue weighted by Gasteiger charge is 2.32. The van der Waals surface area contributed by atoms with Crippen LogP contribution in [0, 0.1) is 27.7 Å². The van der Waals surface area contributed by atoms with E-state index in [9.17, 15) is 13.2 Å². The fourth-order valence-electron chi connectivity index (χ4n) is 3.98. The van der Waals surface area contributed by atoms with E-state index in [4.69, 9.17) is 9.84 Å². The molecule has 2 heterocycles. The van der Waals surface area contributed by atoms with Crippen LogP contribution in [-0.2, 0) is 14.6 Å². The van der Waals surface area contributed by atoms with Crippen LogP contribution < -0.4 is 10.1 Å². The zero-order chi connectivity index (χ0) is 23.8. The highest BCUT2D eigenvalue weighted by Crippen LogP contribution is 2.31. The first kappa shape index (κ1) is 23.0. The summed E-state index contributed by atoms with van der Waals surface area (Å²) in [5.41, 5.74) is 6.00. The van der Waals surface area contributed by atoms with Gasteiger partial charge in [0, 0.05) is 11.6 Å². The van der Waals surface area contributed by atoms with Crippen LogP contribution in [0.25, 0.3) is 11.3 Å². The molecule has 1 aromatic heterocycles. The van der Waals surface area contributed by atoms with Gasteiger partial charge >= 0.3 is 0 Å². The first-order valence-electron chi connectivity index (χ1n) is 11.0. The van der Waals surface area contributed by atoms with Crippen molar-refractivity contribution in [2.24, 2.45) is 0 Å². The van der Waals surface area contributed by atoms with Crippen molar-refractivity contribution < 1.29 is 17.9 Å². The van der Waals surface area contributed by atoms with E-state index in [2.05, 4.69) is 5.32 Å². The molecule has 1 aliphatic heterocycles. The Labute approximate surface area is 194 Å². The van der Waals surface area contributed by atoms with E-state index in [1.54, 1.807) is 10.7 Å². The maximum Gasteiger partial charge on any atom is 0.263 e. The van der Waals surface area contributed by atoms with E-state index in [0.717, 1.165) is 22.3 Å². The van der Waals surface area contributed by atoms with Crippen LogP contribution >= 0.6 is 0 Å². The van der Waals surface area contributed by atoms with Crippen molar-refractivity contribution in [2.75, 3.05) is 23.4 Å². The Balaban J connectivity index is 1.58. The monoisotopic (exact) mass is 467 g/mol. The number of anilines is 1. The Bertz CT molecular complexity index is 1310. The largest absolute Gasteiger partial charge is 0.483 e. The molecule has 1 saturated heterocycles. The number of rotatable bonds is 6. The lowest BCUT2D eigenvalue weighted by molar-refractivity contribution is -0.118. The van der Waals surface area contributed by atoms with Gasteiger partial charge in [0.25, 0.3) is 5.91 Å². The lowest BCUT2D eigenvalue weighted by atomic mass is 10.0. The van der Waals surface area contributed by atoms with Crippen molar-refractivity contribution in [3.8, 4) is 17.0 Å². The van der Waals surface area contributed by atoms with Crippen molar-refractivity contribution in [3.05, 3.63) is 64.7 Å². The molecule has 1 fully saturated rings. The Morgan fingerprint density at radius 2 is 1.88 bits per heavy atom. The SMILES string of the molecule is Cc1ccc(-c2cc(NC(=O)COc3cccc(C)c3C)n(C3CCS(=O)(=O)C3)n2)cc1C. The van der Waals surface area contributed by atoms with E-state index >= 15 is 0 Å². The van der Waals surface area contributed by atoms with E-state index in [1.807, 2.05) is 64.1 Å². The zero-order valence-corrected chi connectivity index (χ0v) is 20.2. The van der Waals surface area contributed by atoms with Crippen LogP contribution in [0.1, 0.15) is 34.7 Å². The van der Waals surface area contributed by atoms with Crippen molar-refractivity contribution in [2.45, 2.75) is 40.2 Å². The van der Waals surface area contributed by atoms with Crippen LogP contribution in [0.4, 0.5) is 5.82 Å². The zero-order valence-electron chi connectivity index (χ0n) is 19.4. The Morgan fingerprint density at radius 3 is 2.58 bits per heavy atom. The Hall–Kier alpha value is -3.13. The van der Waals surface area contributed by atoms with Crippen LogP contribution in [0.15, 0.2) is 42.5 Å². The number of hydrogen-bond acceptors (Lipinski definition) is 5. The second kappa shape index (κ2) is 9.02. The third kappa shape index (κ3) is 5.11. The summed E-state index contributed by atoms with van der Waals surface area (Å²) in [6.45, 7) is 7.87. The maximum atomic E-state index is 12.7. The maximum absolute atomic E-state index is 12.7. The predicted octanol–water partition coefficient (Wildman–Crippen LogP) is 4.16. The van der Waals surface area contributed by atoms with E-state index in [1.165, 1.54) is 5.56 Å². The average Bonchev–Trinajstić information content (AvgIpc) is 3.34. The fourth-order valence-corrected chi connectivity index (χ4v) is 5.67. The number of benzene rings is 2. The number of sulfone groups is 1. The third-order valence-corrected chi connectivity index (χ3v) is 8.02. The molecule has 7 nitrogen and oxygen atoms in total. The van der Waals surface area contributed by atoms with E-state index in [0.29, 0.717) is 23.7 Å². The van der Waals surface area contributed by atoms with Gasteiger partial charge < -0.3 is 10.1 Å². The van der Waals surface area contributed by atoms with Crippen LogP contribution in [0.5, 0.6) is 5.75 Å².